The summed E-state index contributed by atoms with van der Waals surface area (Å²) < 4.78 is 5.56. The fourth-order valence-electron chi connectivity index (χ4n) is 1.77. The molecule has 3 aromatic rings. The van der Waals surface area contributed by atoms with Crippen LogP contribution in [0.15, 0.2) is 42.5 Å². The van der Waals surface area contributed by atoms with Gasteiger partial charge < -0.3 is 10.5 Å². The van der Waals surface area contributed by atoms with E-state index in [1.54, 1.807) is 6.07 Å². The van der Waals surface area contributed by atoms with E-state index in [4.69, 9.17) is 10.5 Å². The quantitative estimate of drug-likeness (QED) is 0.710. The van der Waals surface area contributed by atoms with Gasteiger partial charge in [-0.1, -0.05) is 23.3 Å². The highest BCUT2D eigenvalue weighted by atomic mass is 16.5. The van der Waals surface area contributed by atoms with Crippen LogP contribution in [0.1, 0.15) is 5.56 Å². The number of ether oxygens (including phenoxy) is 1. The Morgan fingerprint density at radius 1 is 1.00 bits per heavy atom. The van der Waals surface area contributed by atoms with Crippen LogP contribution >= 0.6 is 0 Å². The van der Waals surface area contributed by atoms with Gasteiger partial charge in [-0.15, -0.1) is 5.10 Å². The first-order valence-electron chi connectivity index (χ1n) is 5.86. The monoisotopic (exact) mass is 252 g/mol. The van der Waals surface area contributed by atoms with Crippen molar-refractivity contribution in [2.45, 2.75) is 6.92 Å². The number of nitrogens with zero attached hydrogens (tertiary/aromatic N) is 3. The number of nitrogen functional groups attached to an aromatic ring is 1. The van der Waals surface area contributed by atoms with Crippen LogP contribution in [0.4, 0.5) is 5.69 Å². The van der Waals surface area contributed by atoms with Gasteiger partial charge in [0.15, 0.2) is 5.75 Å². The van der Waals surface area contributed by atoms with E-state index in [2.05, 4.69) is 15.2 Å². The SMILES string of the molecule is Cc1ccc(Oc2nnc3ccccc3n2)c(N)c1. The Morgan fingerprint density at radius 3 is 2.58 bits per heavy atom. The van der Waals surface area contributed by atoms with Crippen molar-refractivity contribution in [1.82, 2.24) is 15.2 Å². The van der Waals surface area contributed by atoms with E-state index in [9.17, 15) is 0 Å². The molecule has 0 aliphatic carbocycles. The highest BCUT2D eigenvalue weighted by molar-refractivity contribution is 5.73. The number of fused-ring (bicyclic) bond motifs is 1. The minimum atomic E-state index is 0.189. The van der Waals surface area contributed by atoms with Crippen LogP contribution in [0.25, 0.3) is 11.0 Å². The molecule has 0 radical (unpaired) electrons. The molecular weight excluding hydrogens is 240 g/mol. The number of hydrogen-bond donors (Lipinski definition) is 1. The maximum Gasteiger partial charge on any atom is 0.341 e. The number of para-hydroxylation sites is 1. The van der Waals surface area contributed by atoms with Crippen LogP contribution < -0.4 is 10.5 Å². The molecule has 19 heavy (non-hydrogen) atoms. The molecule has 0 spiro atoms. The second-order valence-corrected chi connectivity index (χ2v) is 4.23. The van der Waals surface area contributed by atoms with Crippen molar-refractivity contribution >= 4 is 16.7 Å². The standard InChI is InChI=1S/C14H12N4O/c1-9-6-7-13(10(15)8-9)19-14-16-11-4-2-3-5-12(11)17-18-14/h2-8H,15H2,1H3. The second kappa shape index (κ2) is 4.53. The summed E-state index contributed by atoms with van der Waals surface area (Å²) in [5.74, 6) is 0.530. The lowest BCUT2D eigenvalue weighted by atomic mass is 10.2. The van der Waals surface area contributed by atoms with Crippen LogP contribution in [0.5, 0.6) is 11.8 Å². The molecule has 2 N–H and O–H groups in total. The summed E-state index contributed by atoms with van der Waals surface area (Å²) in [6, 6.07) is 13.2. The number of rotatable bonds is 2. The Hall–Kier alpha value is -2.69. The van der Waals surface area contributed by atoms with E-state index in [0.717, 1.165) is 16.6 Å². The van der Waals surface area contributed by atoms with Crippen molar-refractivity contribution in [2.75, 3.05) is 5.73 Å². The Balaban J connectivity index is 1.96. The number of aromatic nitrogens is 3. The number of nitrogens with two attached hydrogens (primary N) is 1. The molecule has 94 valence electrons. The number of benzene rings is 2. The van der Waals surface area contributed by atoms with Crippen molar-refractivity contribution in [3.8, 4) is 11.8 Å². The summed E-state index contributed by atoms with van der Waals surface area (Å²) in [5.41, 5.74) is 8.97. The van der Waals surface area contributed by atoms with Gasteiger partial charge in [0, 0.05) is 0 Å². The van der Waals surface area contributed by atoms with Gasteiger partial charge in [0.05, 0.1) is 11.2 Å². The third kappa shape index (κ3) is 2.30. The average molecular weight is 252 g/mol. The molecule has 0 unspecified atom stereocenters. The molecule has 5 nitrogen and oxygen atoms in total. The lowest BCUT2D eigenvalue weighted by Crippen LogP contribution is -1.98. The van der Waals surface area contributed by atoms with Crippen LogP contribution in [0, 0.1) is 6.92 Å². The zero-order valence-electron chi connectivity index (χ0n) is 10.4. The summed E-state index contributed by atoms with van der Waals surface area (Å²) in [6.45, 7) is 1.97. The van der Waals surface area contributed by atoms with Gasteiger partial charge in [-0.25, -0.2) is 0 Å². The third-order valence-corrected chi connectivity index (χ3v) is 2.71. The summed E-state index contributed by atoms with van der Waals surface area (Å²) in [5, 5.41) is 7.97. The van der Waals surface area contributed by atoms with Gasteiger partial charge in [-0.05, 0) is 36.8 Å². The molecule has 0 aliphatic heterocycles. The first kappa shape index (κ1) is 11.4. The molecule has 0 saturated heterocycles. The van der Waals surface area contributed by atoms with E-state index in [0.29, 0.717) is 11.4 Å². The molecule has 0 fully saturated rings. The highest BCUT2D eigenvalue weighted by Crippen LogP contribution is 2.26. The normalized spacial score (nSPS) is 10.6. The maximum absolute atomic E-state index is 5.88. The van der Waals surface area contributed by atoms with Gasteiger partial charge in [0.1, 0.15) is 5.52 Å². The predicted molar refractivity (Wildman–Crippen MR) is 73.0 cm³/mol. The smallest absolute Gasteiger partial charge is 0.341 e. The molecule has 0 atom stereocenters. The van der Waals surface area contributed by atoms with Crippen LogP contribution in [-0.2, 0) is 0 Å². The van der Waals surface area contributed by atoms with Crippen molar-refractivity contribution in [3.05, 3.63) is 48.0 Å². The van der Waals surface area contributed by atoms with Crippen LogP contribution in [0.3, 0.4) is 0 Å². The van der Waals surface area contributed by atoms with Gasteiger partial charge in [0.2, 0.25) is 0 Å². The average Bonchev–Trinajstić information content (AvgIpc) is 2.42. The lowest BCUT2D eigenvalue weighted by Gasteiger charge is -2.07. The molecule has 0 bridgehead atoms. The van der Waals surface area contributed by atoms with E-state index in [-0.39, 0.29) is 6.01 Å². The minimum absolute atomic E-state index is 0.189. The number of aryl methyl sites for hydroxylation is 1. The first-order valence-corrected chi connectivity index (χ1v) is 5.86. The first-order chi connectivity index (χ1) is 9.22. The van der Waals surface area contributed by atoms with Crippen molar-refractivity contribution in [3.63, 3.8) is 0 Å². The molecule has 1 aromatic heterocycles. The summed E-state index contributed by atoms with van der Waals surface area (Å²) in [4.78, 5) is 4.28. The molecule has 0 amide bonds. The molecule has 1 heterocycles. The number of anilines is 1. The van der Waals surface area contributed by atoms with Crippen molar-refractivity contribution in [1.29, 1.82) is 0 Å². The zero-order chi connectivity index (χ0) is 13.2. The van der Waals surface area contributed by atoms with Gasteiger partial charge in [-0.3, -0.25) is 0 Å². The van der Waals surface area contributed by atoms with E-state index >= 15 is 0 Å². The summed E-state index contributed by atoms with van der Waals surface area (Å²) in [6.07, 6.45) is 0. The Bertz CT molecular complexity index is 742. The molecule has 0 saturated carbocycles. The maximum atomic E-state index is 5.88. The van der Waals surface area contributed by atoms with Crippen molar-refractivity contribution < 1.29 is 4.74 Å². The van der Waals surface area contributed by atoms with E-state index in [1.807, 2.05) is 43.3 Å². The van der Waals surface area contributed by atoms with E-state index < -0.39 is 0 Å². The molecular formula is C14H12N4O. The lowest BCUT2D eigenvalue weighted by molar-refractivity contribution is 0.439. The van der Waals surface area contributed by atoms with Gasteiger partial charge in [0.25, 0.3) is 0 Å². The van der Waals surface area contributed by atoms with Gasteiger partial charge in [-0.2, -0.15) is 4.98 Å². The molecule has 0 aliphatic rings. The Morgan fingerprint density at radius 2 is 1.79 bits per heavy atom. The predicted octanol–water partition coefficient (Wildman–Crippen LogP) is 2.71. The van der Waals surface area contributed by atoms with Crippen LogP contribution in [-0.4, -0.2) is 15.2 Å². The Kier molecular flexibility index (Phi) is 2.72. The summed E-state index contributed by atoms with van der Waals surface area (Å²) in [7, 11) is 0. The number of hydrogen-bond acceptors (Lipinski definition) is 5. The Labute approximate surface area is 110 Å². The van der Waals surface area contributed by atoms with Gasteiger partial charge >= 0.3 is 6.01 Å². The molecule has 2 aromatic carbocycles. The summed E-state index contributed by atoms with van der Waals surface area (Å²) >= 11 is 0. The fraction of sp³-hybridized carbons (Fsp3) is 0.0714. The highest BCUT2D eigenvalue weighted by Gasteiger charge is 2.06. The zero-order valence-corrected chi connectivity index (χ0v) is 10.4. The molecule has 5 heteroatoms. The topological polar surface area (TPSA) is 73.9 Å². The van der Waals surface area contributed by atoms with Crippen LogP contribution in [0.2, 0.25) is 0 Å². The molecule has 3 rings (SSSR count). The largest absolute Gasteiger partial charge is 0.421 e. The fourth-order valence-corrected chi connectivity index (χ4v) is 1.77. The van der Waals surface area contributed by atoms with Crippen molar-refractivity contribution in [2.24, 2.45) is 0 Å². The third-order valence-electron chi connectivity index (χ3n) is 2.71. The van der Waals surface area contributed by atoms with E-state index in [1.165, 1.54) is 0 Å². The minimum Gasteiger partial charge on any atom is -0.421 e. The second-order valence-electron chi connectivity index (χ2n) is 4.23.